The molecule has 1 saturated carbocycles. The smallest absolute Gasteiger partial charge is 0.426 e. The summed E-state index contributed by atoms with van der Waals surface area (Å²) >= 11 is 0. The molecule has 1 aromatic carbocycles. The number of rotatable bonds is 7. The van der Waals surface area contributed by atoms with Gasteiger partial charge >= 0.3 is 12.3 Å². The number of alkyl halides is 3. The maximum Gasteiger partial charge on any atom is 0.573 e. The van der Waals surface area contributed by atoms with Gasteiger partial charge in [0.2, 0.25) is 0 Å². The van der Waals surface area contributed by atoms with Crippen molar-refractivity contribution in [1.82, 2.24) is 0 Å². The third-order valence-electron chi connectivity index (χ3n) is 4.67. The van der Waals surface area contributed by atoms with E-state index in [4.69, 9.17) is 4.74 Å². The minimum Gasteiger partial charge on any atom is -0.426 e. The van der Waals surface area contributed by atoms with Crippen molar-refractivity contribution in [3.8, 4) is 11.5 Å². The fourth-order valence-electron chi connectivity index (χ4n) is 3.28. The first kappa shape index (κ1) is 19.6. The molecule has 0 spiro atoms. The molecule has 6 heteroatoms. The first-order valence-corrected chi connectivity index (χ1v) is 8.95. The van der Waals surface area contributed by atoms with E-state index in [9.17, 15) is 18.0 Å². The van der Waals surface area contributed by atoms with Gasteiger partial charge in [-0.15, -0.1) is 13.2 Å². The van der Waals surface area contributed by atoms with Gasteiger partial charge in [-0.05, 0) is 55.9 Å². The summed E-state index contributed by atoms with van der Waals surface area (Å²) in [5.74, 6) is 0.198. The van der Waals surface area contributed by atoms with Crippen LogP contribution in [0.25, 0.3) is 0 Å². The van der Waals surface area contributed by atoms with Gasteiger partial charge in [-0.2, -0.15) is 0 Å². The van der Waals surface area contributed by atoms with Gasteiger partial charge in [-0.3, -0.25) is 4.79 Å². The molecule has 1 aliphatic rings. The molecule has 140 valence electrons. The van der Waals surface area contributed by atoms with Crippen molar-refractivity contribution in [3.63, 3.8) is 0 Å². The predicted octanol–water partition coefficient (Wildman–Crippen LogP) is 5.88. The van der Waals surface area contributed by atoms with Crippen molar-refractivity contribution < 1.29 is 27.4 Å². The van der Waals surface area contributed by atoms with Crippen molar-refractivity contribution in [2.45, 2.75) is 64.7 Å². The van der Waals surface area contributed by atoms with Crippen LogP contribution < -0.4 is 9.47 Å². The summed E-state index contributed by atoms with van der Waals surface area (Å²) in [6, 6.07) is 4.91. The van der Waals surface area contributed by atoms with Crippen LogP contribution in [0.5, 0.6) is 11.5 Å². The van der Waals surface area contributed by atoms with Crippen LogP contribution >= 0.6 is 0 Å². The summed E-state index contributed by atoms with van der Waals surface area (Å²) in [5, 5.41) is 0. The Morgan fingerprint density at radius 2 is 1.64 bits per heavy atom. The molecule has 1 aliphatic carbocycles. The molecule has 0 N–H and O–H groups in total. The zero-order valence-electron chi connectivity index (χ0n) is 14.5. The van der Waals surface area contributed by atoms with Gasteiger partial charge in [0.25, 0.3) is 0 Å². The Kier molecular flexibility index (Phi) is 7.14. The fourth-order valence-corrected chi connectivity index (χ4v) is 3.28. The molecule has 25 heavy (non-hydrogen) atoms. The van der Waals surface area contributed by atoms with Crippen molar-refractivity contribution in [1.29, 1.82) is 0 Å². The second-order valence-electron chi connectivity index (χ2n) is 6.65. The predicted molar refractivity (Wildman–Crippen MR) is 88.4 cm³/mol. The number of halogens is 3. The van der Waals surface area contributed by atoms with Gasteiger partial charge in [-0.25, -0.2) is 0 Å². The van der Waals surface area contributed by atoms with Crippen molar-refractivity contribution in [2.75, 3.05) is 0 Å². The van der Waals surface area contributed by atoms with E-state index in [0.717, 1.165) is 37.8 Å². The van der Waals surface area contributed by atoms with E-state index in [1.165, 1.54) is 37.8 Å². The molecule has 2 rings (SSSR count). The minimum absolute atomic E-state index is 0.117. The third kappa shape index (κ3) is 6.96. The SMILES string of the molecule is CCCCC[C@H]1CC[C@H](C(=O)Oc2ccc(OC(F)(F)F)cc2)CC1. The standard InChI is InChI=1S/C19H25F3O3/c1-2-3-4-5-14-6-8-15(9-7-14)18(23)24-16-10-12-17(13-11-16)25-19(20,21)22/h10-15H,2-9H2,1H3/t14-,15-. The number of benzene rings is 1. The Morgan fingerprint density at radius 3 is 2.20 bits per heavy atom. The molecule has 0 saturated heterocycles. The molecule has 0 bridgehead atoms. The lowest BCUT2D eigenvalue weighted by molar-refractivity contribution is -0.274. The van der Waals surface area contributed by atoms with Gasteiger partial charge < -0.3 is 9.47 Å². The zero-order valence-corrected chi connectivity index (χ0v) is 14.5. The van der Waals surface area contributed by atoms with Crippen LogP contribution in [0.4, 0.5) is 13.2 Å². The number of hydrogen-bond acceptors (Lipinski definition) is 3. The highest BCUT2D eigenvalue weighted by molar-refractivity contribution is 5.75. The molecule has 1 aromatic rings. The number of unbranched alkanes of at least 4 members (excludes halogenated alkanes) is 2. The zero-order chi connectivity index (χ0) is 18.3. The highest BCUT2D eigenvalue weighted by Crippen LogP contribution is 2.33. The summed E-state index contributed by atoms with van der Waals surface area (Å²) in [6.07, 6.45) is 3.97. The first-order valence-electron chi connectivity index (χ1n) is 8.95. The topological polar surface area (TPSA) is 35.5 Å². The van der Waals surface area contributed by atoms with Crippen LogP contribution in [0, 0.1) is 11.8 Å². The van der Waals surface area contributed by atoms with Gasteiger partial charge in [0.1, 0.15) is 11.5 Å². The molecule has 1 fully saturated rings. The molecular weight excluding hydrogens is 333 g/mol. The normalized spacial score (nSPS) is 21.0. The summed E-state index contributed by atoms with van der Waals surface area (Å²) < 4.78 is 45.4. The average Bonchev–Trinajstić information content (AvgIpc) is 2.56. The number of esters is 1. The van der Waals surface area contributed by atoms with E-state index < -0.39 is 6.36 Å². The molecule has 0 heterocycles. The second kappa shape index (κ2) is 9.11. The van der Waals surface area contributed by atoms with E-state index in [0.29, 0.717) is 5.92 Å². The monoisotopic (exact) mass is 358 g/mol. The average molecular weight is 358 g/mol. The number of hydrogen-bond donors (Lipinski definition) is 0. The molecule has 0 aliphatic heterocycles. The van der Waals surface area contributed by atoms with Crippen molar-refractivity contribution in [3.05, 3.63) is 24.3 Å². The van der Waals surface area contributed by atoms with E-state index in [2.05, 4.69) is 11.7 Å². The number of ether oxygens (including phenoxy) is 2. The summed E-state index contributed by atoms with van der Waals surface area (Å²) in [6.45, 7) is 2.19. The second-order valence-corrected chi connectivity index (χ2v) is 6.65. The molecule has 0 radical (unpaired) electrons. The van der Waals surface area contributed by atoms with Gasteiger partial charge in [0, 0.05) is 0 Å². The van der Waals surface area contributed by atoms with E-state index >= 15 is 0 Å². The van der Waals surface area contributed by atoms with Gasteiger partial charge in [-0.1, -0.05) is 32.6 Å². The fraction of sp³-hybridized carbons (Fsp3) is 0.632. The molecule has 0 unspecified atom stereocenters. The molecule has 0 aromatic heterocycles. The summed E-state index contributed by atoms with van der Waals surface area (Å²) in [5.41, 5.74) is 0. The van der Waals surface area contributed by atoms with Crippen LogP contribution in [0.1, 0.15) is 58.3 Å². The Bertz CT molecular complexity index is 532. The number of carbonyl (C=O) groups is 1. The summed E-state index contributed by atoms with van der Waals surface area (Å²) in [7, 11) is 0. The number of carbonyl (C=O) groups excluding carboxylic acids is 1. The lowest BCUT2D eigenvalue weighted by Gasteiger charge is -2.27. The van der Waals surface area contributed by atoms with Crippen LogP contribution in [-0.2, 0) is 4.79 Å². The van der Waals surface area contributed by atoms with E-state index in [1.807, 2.05) is 0 Å². The Hall–Kier alpha value is -1.72. The molecule has 3 nitrogen and oxygen atoms in total. The largest absolute Gasteiger partial charge is 0.573 e. The van der Waals surface area contributed by atoms with Crippen LogP contribution in [0.2, 0.25) is 0 Å². The Balaban J connectivity index is 1.77. The third-order valence-corrected chi connectivity index (χ3v) is 4.67. The first-order chi connectivity index (χ1) is 11.9. The van der Waals surface area contributed by atoms with Crippen molar-refractivity contribution in [2.24, 2.45) is 11.8 Å². The van der Waals surface area contributed by atoms with Crippen LogP contribution in [0.15, 0.2) is 24.3 Å². The van der Waals surface area contributed by atoms with E-state index in [-0.39, 0.29) is 23.4 Å². The van der Waals surface area contributed by atoms with Crippen molar-refractivity contribution >= 4 is 5.97 Å². The Morgan fingerprint density at radius 1 is 1.04 bits per heavy atom. The lowest BCUT2D eigenvalue weighted by Crippen LogP contribution is -2.25. The maximum absolute atomic E-state index is 12.2. The summed E-state index contributed by atoms with van der Waals surface area (Å²) in [4.78, 5) is 12.2. The highest BCUT2D eigenvalue weighted by Gasteiger charge is 2.31. The molecule has 0 amide bonds. The quantitative estimate of drug-likeness (QED) is 0.347. The van der Waals surface area contributed by atoms with Crippen LogP contribution in [-0.4, -0.2) is 12.3 Å². The van der Waals surface area contributed by atoms with Gasteiger partial charge in [0.05, 0.1) is 5.92 Å². The minimum atomic E-state index is -4.73. The molecule has 0 atom stereocenters. The van der Waals surface area contributed by atoms with Gasteiger partial charge in [0.15, 0.2) is 0 Å². The lowest BCUT2D eigenvalue weighted by atomic mass is 9.80. The van der Waals surface area contributed by atoms with Crippen LogP contribution in [0.3, 0.4) is 0 Å². The molecular formula is C19H25F3O3. The Labute approximate surface area is 146 Å². The highest BCUT2D eigenvalue weighted by atomic mass is 19.4. The maximum atomic E-state index is 12.2. The van der Waals surface area contributed by atoms with E-state index in [1.54, 1.807) is 0 Å².